The molecular formula is C11H10ClN3O6S2. The minimum atomic E-state index is -4.69. The van der Waals surface area contributed by atoms with Crippen molar-refractivity contribution in [1.82, 2.24) is 15.0 Å². The van der Waals surface area contributed by atoms with Gasteiger partial charge in [0, 0.05) is 5.56 Å². The van der Waals surface area contributed by atoms with Crippen LogP contribution in [0.2, 0.25) is 5.28 Å². The number of hydrogen-bond donors (Lipinski definition) is 1. The summed E-state index contributed by atoms with van der Waals surface area (Å²) in [5.41, 5.74) is 0.395. The molecule has 0 saturated heterocycles. The van der Waals surface area contributed by atoms with E-state index in [1.54, 1.807) is 6.07 Å². The molecule has 12 heteroatoms. The summed E-state index contributed by atoms with van der Waals surface area (Å²) in [6.07, 6.45) is 1.19. The number of benzene rings is 1. The SMILES string of the molecule is O=S(=O)(O)OCCS(=O)(=O)c1cccc(-c2ncnc(Cl)n2)c1. The first kappa shape index (κ1) is 17.7. The number of nitrogens with zero attached hydrogens (tertiary/aromatic N) is 3. The largest absolute Gasteiger partial charge is 0.397 e. The Kier molecular flexibility index (Phi) is 5.26. The third-order valence-electron chi connectivity index (χ3n) is 2.58. The molecule has 0 amide bonds. The number of halogens is 1. The lowest BCUT2D eigenvalue weighted by Gasteiger charge is -2.06. The number of rotatable bonds is 6. The van der Waals surface area contributed by atoms with Crippen LogP contribution in [0.3, 0.4) is 0 Å². The van der Waals surface area contributed by atoms with Gasteiger partial charge in [-0.1, -0.05) is 12.1 Å². The summed E-state index contributed by atoms with van der Waals surface area (Å²) < 4.78 is 57.6. The molecule has 0 radical (unpaired) electrons. The van der Waals surface area contributed by atoms with E-state index in [9.17, 15) is 16.8 Å². The van der Waals surface area contributed by atoms with Gasteiger partial charge < -0.3 is 0 Å². The van der Waals surface area contributed by atoms with Crippen LogP contribution in [0.15, 0.2) is 35.5 Å². The van der Waals surface area contributed by atoms with Crippen molar-refractivity contribution in [3.63, 3.8) is 0 Å². The topological polar surface area (TPSA) is 136 Å². The Morgan fingerprint density at radius 3 is 2.57 bits per heavy atom. The van der Waals surface area contributed by atoms with E-state index in [1.165, 1.54) is 24.5 Å². The molecule has 2 rings (SSSR count). The van der Waals surface area contributed by atoms with Crippen molar-refractivity contribution in [3.05, 3.63) is 35.9 Å². The van der Waals surface area contributed by atoms with Crippen molar-refractivity contribution in [2.24, 2.45) is 0 Å². The molecule has 0 atom stereocenters. The van der Waals surface area contributed by atoms with Gasteiger partial charge in [-0.25, -0.2) is 22.6 Å². The minimum Gasteiger partial charge on any atom is -0.264 e. The smallest absolute Gasteiger partial charge is 0.264 e. The lowest BCUT2D eigenvalue weighted by atomic mass is 10.2. The maximum absolute atomic E-state index is 12.1. The van der Waals surface area contributed by atoms with Crippen molar-refractivity contribution >= 4 is 31.8 Å². The molecule has 0 fully saturated rings. The molecule has 0 unspecified atom stereocenters. The Balaban J connectivity index is 2.25. The van der Waals surface area contributed by atoms with E-state index in [4.69, 9.17) is 16.2 Å². The highest BCUT2D eigenvalue weighted by atomic mass is 35.5. The van der Waals surface area contributed by atoms with Gasteiger partial charge in [0.15, 0.2) is 15.7 Å². The molecule has 0 aliphatic carbocycles. The van der Waals surface area contributed by atoms with Crippen LogP contribution in [0.1, 0.15) is 0 Å². The Morgan fingerprint density at radius 2 is 1.91 bits per heavy atom. The summed E-state index contributed by atoms with van der Waals surface area (Å²) in [7, 11) is -8.52. The third-order valence-corrected chi connectivity index (χ3v) is 4.90. The van der Waals surface area contributed by atoms with Gasteiger partial charge >= 0.3 is 10.4 Å². The van der Waals surface area contributed by atoms with Gasteiger partial charge in [-0.05, 0) is 23.7 Å². The molecule has 0 saturated carbocycles. The van der Waals surface area contributed by atoms with Crippen molar-refractivity contribution in [1.29, 1.82) is 0 Å². The van der Waals surface area contributed by atoms with Gasteiger partial charge in [0.1, 0.15) is 6.33 Å². The number of aromatic nitrogens is 3. The number of sulfone groups is 1. The van der Waals surface area contributed by atoms with Gasteiger partial charge in [-0.2, -0.15) is 13.4 Å². The summed E-state index contributed by atoms with van der Waals surface area (Å²) in [5, 5.41) is -0.0372. The normalized spacial score (nSPS) is 12.3. The molecule has 1 aromatic heterocycles. The second kappa shape index (κ2) is 6.84. The molecule has 1 N–H and O–H groups in total. The molecule has 124 valence electrons. The first-order valence-corrected chi connectivity index (χ1v) is 9.36. The zero-order valence-electron chi connectivity index (χ0n) is 11.3. The van der Waals surface area contributed by atoms with Crippen LogP contribution in [-0.2, 0) is 24.4 Å². The third kappa shape index (κ3) is 5.18. The van der Waals surface area contributed by atoms with Crippen molar-refractivity contribution in [2.75, 3.05) is 12.4 Å². The minimum absolute atomic E-state index is 0.0372. The van der Waals surface area contributed by atoms with E-state index in [0.717, 1.165) is 0 Å². The average Bonchev–Trinajstić information content (AvgIpc) is 2.46. The van der Waals surface area contributed by atoms with Crippen LogP contribution in [0.5, 0.6) is 0 Å². The zero-order chi connectivity index (χ0) is 17.1. The van der Waals surface area contributed by atoms with Crippen LogP contribution in [0.4, 0.5) is 0 Å². The predicted molar refractivity (Wildman–Crippen MR) is 79.8 cm³/mol. The van der Waals surface area contributed by atoms with Crippen LogP contribution in [0, 0.1) is 0 Å². The van der Waals surface area contributed by atoms with E-state index >= 15 is 0 Å². The van der Waals surface area contributed by atoms with Gasteiger partial charge in [-0.15, -0.1) is 0 Å². The Bertz CT molecular complexity index is 917. The molecule has 9 nitrogen and oxygen atoms in total. The molecule has 1 aromatic carbocycles. The van der Waals surface area contributed by atoms with Gasteiger partial charge in [0.25, 0.3) is 0 Å². The zero-order valence-corrected chi connectivity index (χ0v) is 13.7. The number of hydrogen-bond acceptors (Lipinski definition) is 8. The summed E-state index contributed by atoms with van der Waals surface area (Å²) in [4.78, 5) is 11.3. The molecule has 1 heterocycles. The van der Waals surface area contributed by atoms with Crippen LogP contribution in [-0.4, -0.2) is 48.7 Å². The summed E-state index contributed by atoms with van der Waals surface area (Å²) in [6, 6.07) is 5.70. The highest BCUT2D eigenvalue weighted by Gasteiger charge is 2.17. The Hall–Kier alpha value is -1.66. The van der Waals surface area contributed by atoms with E-state index in [0.29, 0.717) is 5.56 Å². The predicted octanol–water partition coefficient (Wildman–Crippen LogP) is 0.785. The molecule has 0 bridgehead atoms. The van der Waals surface area contributed by atoms with Crippen LogP contribution in [0.25, 0.3) is 11.4 Å². The fourth-order valence-corrected chi connectivity index (χ4v) is 3.26. The molecule has 0 spiro atoms. The van der Waals surface area contributed by atoms with Gasteiger partial charge in [0.2, 0.25) is 5.28 Å². The molecule has 0 aliphatic heterocycles. The fourth-order valence-electron chi connectivity index (χ4n) is 1.61. The van der Waals surface area contributed by atoms with E-state index in [-0.39, 0.29) is 16.0 Å². The second-order valence-electron chi connectivity index (χ2n) is 4.17. The van der Waals surface area contributed by atoms with Crippen LogP contribution < -0.4 is 0 Å². The highest BCUT2D eigenvalue weighted by Crippen LogP contribution is 2.20. The van der Waals surface area contributed by atoms with Crippen molar-refractivity contribution in [3.8, 4) is 11.4 Å². The first-order chi connectivity index (χ1) is 10.7. The molecule has 23 heavy (non-hydrogen) atoms. The first-order valence-electron chi connectivity index (χ1n) is 5.97. The summed E-state index contributed by atoms with van der Waals surface area (Å²) in [6.45, 7) is -0.705. The lowest BCUT2D eigenvalue weighted by molar-refractivity contribution is 0.284. The van der Waals surface area contributed by atoms with E-state index in [2.05, 4.69) is 19.1 Å². The fraction of sp³-hybridized carbons (Fsp3) is 0.182. The van der Waals surface area contributed by atoms with Crippen molar-refractivity contribution < 1.29 is 25.6 Å². The molecule has 2 aromatic rings. The van der Waals surface area contributed by atoms with Crippen LogP contribution >= 0.6 is 11.6 Å². The summed E-state index contributed by atoms with van der Waals surface area (Å²) >= 11 is 5.66. The Labute approximate surface area is 137 Å². The molecular weight excluding hydrogens is 370 g/mol. The van der Waals surface area contributed by atoms with E-state index < -0.39 is 32.6 Å². The highest BCUT2D eigenvalue weighted by molar-refractivity contribution is 7.91. The Morgan fingerprint density at radius 1 is 1.17 bits per heavy atom. The standard InChI is InChI=1S/C11H10ClN3O6S2/c12-11-14-7-13-10(15-11)8-2-1-3-9(6-8)22(16,17)5-4-21-23(18,19)20/h1-3,6-7H,4-5H2,(H,18,19,20). The maximum atomic E-state index is 12.1. The monoisotopic (exact) mass is 379 g/mol. The maximum Gasteiger partial charge on any atom is 0.397 e. The van der Waals surface area contributed by atoms with E-state index in [1.807, 2.05) is 0 Å². The van der Waals surface area contributed by atoms with Gasteiger partial charge in [0.05, 0.1) is 17.3 Å². The second-order valence-corrected chi connectivity index (χ2v) is 7.71. The lowest BCUT2D eigenvalue weighted by Crippen LogP contribution is -2.15. The van der Waals surface area contributed by atoms with Gasteiger partial charge in [-0.3, -0.25) is 4.55 Å². The quantitative estimate of drug-likeness (QED) is 0.721. The summed E-state index contributed by atoms with van der Waals surface area (Å²) in [5.74, 6) is -0.440. The molecule has 0 aliphatic rings. The van der Waals surface area contributed by atoms with Crippen molar-refractivity contribution in [2.45, 2.75) is 4.90 Å². The average molecular weight is 380 g/mol.